The first-order valence-corrected chi connectivity index (χ1v) is 23.5. The molecule has 1 atom stereocenters. The summed E-state index contributed by atoms with van der Waals surface area (Å²) in [5, 5.41) is 4.90. The normalized spacial score (nSPS) is 14.2. The van der Waals surface area contributed by atoms with E-state index in [0.717, 1.165) is 45.3 Å². The molecule has 11 aromatic carbocycles. The molecule has 14 rings (SSSR count). The van der Waals surface area contributed by atoms with Crippen molar-refractivity contribution in [2.75, 3.05) is 9.80 Å². The van der Waals surface area contributed by atoms with Crippen LogP contribution in [0.1, 0.15) is 22.3 Å². The minimum absolute atomic E-state index is 0.647. The molecule has 2 aliphatic rings. The molecule has 0 bridgehead atoms. The molecule has 2 aliphatic carbocycles. The van der Waals surface area contributed by atoms with Gasteiger partial charge in [-0.25, -0.2) is 0 Å². The SMILES string of the molecule is c1ccc(N(c2ccc3ccccc3c2)c2cccc3c2-c2ccccc2C32c3ccccc3-c3cccc(N(c4ccccc4)c4ccc5c6ccccc6n(-c6ccccc6)c5c4)c32)cc1. The van der Waals surface area contributed by atoms with Crippen molar-refractivity contribution in [2.24, 2.45) is 0 Å². The van der Waals surface area contributed by atoms with E-state index in [0.29, 0.717) is 0 Å². The van der Waals surface area contributed by atoms with Crippen LogP contribution in [0, 0.1) is 0 Å². The zero-order chi connectivity index (χ0) is 44.8. The van der Waals surface area contributed by atoms with Gasteiger partial charge in [-0.15, -0.1) is 0 Å². The molecule has 1 spiro atoms. The molecule has 1 aromatic heterocycles. The van der Waals surface area contributed by atoms with E-state index in [-0.39, 0.29) is 0 Å². The van der Waals surface area contributed by atoms with Crippen molar-refractivity contribution >= 4 is 66.7 Å². The van der Waals surface area contributed by atoms with E-state index in [1.54, 1.807) is 0 Å². The van der Waals surface area contributed by atoms with E-state index in [2.05, 4.69) is 275 Å². The first kappa shape index (κ1) is 38.4. The summed E-state index contributed by atoms with van der Waals surface area (Å²) in [6.07, 6.45) is 0. The van der Waals surface area contributed by atoms with Gasteiger partial charge in [0.2, 0.25) is 0 Å². The van der Waals surface area contributed by atoms with E-state index in [9.17, 15) is 0 Å². The van der Waals surface area contributed by atoms with Crippen LogP contribution in [-0.4, -0.2) is 4.57 Å². The minimum atomic E-state index is -0.647. The molecule has 0 amide bonds. The average Bonchev–Trinajstić information content (AvgIpc) is 4.02. The molecule has 12 aromatic rings. The Bertz CT molecular complexity index is 3930. The van der Waals surface area contributed by atoms with Gasteiger partial charge in [-0.05, 0) is 123 Å². The van der Waals surface area contributed by atoms with Gasteiger partial charge in [0.25, 0.3) is 0 Å². The van der Waals surface area contributed by atoms with Gasteiger partial charge < -0.3 is 14.4 Å². The van der Waals surface area contributed by atoms with Gasteiger partial charge in [-0.1, -0.05) is 182 Å². The van der Waals surface area contributed by atoms with Crippen LogP contribution in [0.25, 0.3) is 60.5 Å². The highest BCUT2D eigenvalue weighted by Gasteiger charge is 2.54. The predicted molar refractivity (Wildman–Crippen MR) is 284 cm³/mol. The summed E-state index contributed by atoms with van der Waals surface area (Å²) in [6.45, 7) is 0. The van der Waals surface area contributed by atoms with Crippen molar-refractivity contribution in [3.05, 3.63) is 283 Å². The second kappa shape index (κ2) is 15.1. The maximum absolute atomic E-state index is 2.51. The lowest BCUT2D eigenvalue weighted by atomic mass is 9.70. The zero-order valence-corrected chi connectivity index (χ0v) is 37.2. The third kappa shape index (κ3) is 5.47. The quantitative estimate of drug-likeness (QED) is 0.158. The summed E-state index contributed by atoms with van der Waals surface area (Å²) in [7, 11) is 0. The van der Waals surface area contributed by atoms with E-state index in [4.69, 9.17) is 0 Å². The van der Waals surface area contributed by atoms with E-state index >= 15 is 0 Å². The molecular formula is C65H43N3. The molecule has 68 heavy (non-hydrogen) atoms. The fourth-order valence-corrected chi connectivity index (χ4v) is 11.9. The van der Waals surface area contributed by atoms with Crippen LogP contribution < -0.4 is 9.80 Å². The number of fused-ring (bicyclic) bond motifs is 14. The monoisotopic (exact) mass is 865 g/mol. The standard InChI is InChI=1S/C65H43N3/c1-4-22-46(23-5-1)66(49-39-38-44-20-10-11-21-45(44)42-49)60-36-19-34-58-63(60)55-30-13-16-33-57(55)65(58)56-32-15-12-28-51(56)54-31-18-37-61(64(54)65)67(47-24-6-2-7-25-47)50-40-41-53-52-29-14-17-35-59(52)68(62(53)43-50)48-26-8-3-9-27-48/h1-43H. The molecule has 318 valence electrons. The molecule has 0 saturated carbocycles. The van der Waals surface area contributed by atoms with Crippen LogP contribution in [-0.2, 0) is 5.41 Å². The molecule has 0 aliphatic heterocycles. The fraction of sp³-hybridized carbons (Fsp3) is 0.0154. The van der Waals surface area contributed by atoms with Gasteiger partial charge in [-0.2, -0.15) is 0 Å². The van der Waals surface area contributed by atoms with Crippen molar-refractivity contribution in [3.63, 3.8) is 0 Å². The first-order valence-electron chi connectivity index (χ1n) is 23.5. The average molecular weight is 866 g/mol. The second-order valence-electron chi connectivity index (χ2n) is 18.0. The molecule has 1 unspecified atom stereocenters. The molecule has 3 heteroatoms. The second-order valence-corrected chi connectivity index (χ2v) is 18.0. The largest absolute Gasteiger partial charge is 0.310 e. The highest BCUT2D eigenvalue weighted by molar-refractivity contribution is 6.11. The maximum atomic E-state index is 2.51. The van der Waals surface area contributed by atoms with Crippen LogP contribution in [0.3, 0.4) is 0 Å². The number of anilines is 6. The highest BCUT2D eigenvalue weighted by Crippen LogP contribution is 2.67. The number of para-hydroxylation sites is 4. The van der Waals surface area contributed by atoms with Crippen LogP contribution in [0.4, 0.5) is 34.1 Å². The Morgan fingerprint density at radius 3 is 1.62 bits per heavy atom. The smallest absolute Gasteiger partial charge is 0.0746 e. The summed E-state index contributed by atoms with van der Waals surface area (Å²) in [5.41, 5.74) is 19.7. The Morgan fingerprint density at radius 2 is 0.838 bits per heavy atom. The predicted octanol–water partition coefficient (Wildman–Crippen LogP) is 17.2. The molecule has 3 nitrogen and oxygen atoms in total. The summed E-state index contributed by atoms with van der Waals surface area (Å²) in [6, 6.07) is 96.2. The lowest BCUT2D eigenvalue weighted by Gasteiger charge is -2.36. The summed E-state index contributed by atoms with van der Waals surface area (Å²) >= 11 is 0. The van der Waals surface area contributed by atoms with Crippen molar-refractivity contribution in [3.8, 4) is 27.9 Å². The highest BCUT2D eigenvalue weighted by atomic mass is 15.2. The molecule has 0 radical (unpaired) electrons. The van der Waals surface area contributed by atoms with Gasteiger partial charge in [0, 0.05) is 50.3 Å². The fourth-order valence-electron chi connectivity index (χ4n) is 11.9. The number of hydrogen-bond donors (Lipinski definition) is 0. The summed E-state index contributed by atoms with van der Waals surface area (Å²) < 4.78 is 2.42. The Hall–Kier alpha value is -8.92. The summed E-state index contributed by atoms with van der Waals surface area (Å²) in [4.78, 5) is 4.97. The lowest BCUT2D eigenvalue weighted by Crippen LogP contribution is -2.28. The maximum Gasteiger partial charge on any atom is 0.0746 e. The third-order valence-corrected chi connectivity index (χ3v) is 14.5. The van der Waals surface area contributed by atoms with Crippen molar-refractivity contribution in [1.29, 1.82) is 0 Å². The third-order valence-electron chi connectivity index (χ3n) is 14.5. The number of benzene rings is 11. The molecule has 0 N–H and O–H groups in total. The van der Waals surface area contributed by atoms with E-state index in [1.807, 2.05) is 0 Å². The molecule has 0 saturated heterocycles. The van der Waals surface area contributed by atoms with Gasteiger partial charge in [-0.3, -0.25) is 0 Å². The molecular weight excluding hydrogens is 823 g/mol. The summed E-state index contributed by atoms with van der Waals surface area (Å²) in [5.74, 6) is 0. The Morgan fingerprint density at radius 1 is 0.309 bits per heavy atom. The van der Waals surface area contributed by atoms with Crippen LogP contribution in [0.15, 0.2) is 261 Å². The Balaban J connectivity index is 1.06. The number of hydrogen-bond acceptors (Lipinski definition) is 2. The minimum Gasteiger partial charge on any atom is -0.310 e. The van der Waals surface area contributed by atoms with E-state index in [1.165, 1.54) is 71.6 Å². The Labute approximate surface area is 395 Å². The van der Waals surface area contributed by atoms with Gasteiger partial charge in [0.1, 0.15) is 0 Å². The number of nitrogens with zero attached hydrogens (tertiary/aromatic N) is 3. The lowest BCUT2D eigenvalue weighted by molar-refractivity contribution is 0.793. The van der Waals surface area contributed by atoms with Gasteiger partial charge in [0.05, 0.1) is 27.8 Å². The molecule has 1 heterocycles. The van der Waals surface area contributed by atoms with Crippen LogP contribution in [0.5, 0.6) is 0 Å². The zero-order valence-electron chi connectivity index (χ0n) is 37.2. The van der Waals surface area contributed by atoms with Crippen molar-refractivity contribution < 1.29 is 0 Å². The Kier molecular flexibility index (Phi) is 8.50. The molecule has 0 fully saturated rings. The van der Waals surface area contributed by atoms with Crippen LogP contribution in [0.2, 0.25) is 0 Å². The van der Waals surface area contributed by atoms with E-state index < -0.39 is 5.41 Å². The van der Waals surface area contributed by atoms with Crippen LogP contribution >= 0.6 is 0 Å². The van der Waals surface area contributed by atoms with Crippen molar-refractivity contribution in [2.45, 2.75) is 5.41 Å². The number of rotatable bonds is 7. The first-order chi connectivity index (χ1) is 33.8. The van der Waals surface area contributed by atoms with Crippen molar-refractivity contribution in [1.82, 2.24) is 4.57 Å². The van der Waals surface area contributed by atoms with Gasteiger partial charge >= 0.3 is 0 Å². The topological polar surface area (TPSA) is 11.4 Å². The number of aromatic nitrogens is 1. The van der Waals surface area contributed by atoms with Gasteiger partial charge in [0.15, 0.2) is 0 Å².